The molecule has 1 aromatic carbocycles. The van der Waals surface area contributed by atoms with Crippen molar-refractivity contribution in [1.82, 2.24) is 0 Å². The van der Waals surface area contributed by atoms with Crippen LogP contribution in [0.3, 0.4) is 0 Å². The van der Waals surface area contributed by atoms with Gasteiger partial charge < -0.3 is 25.2 Å². The van der Waals surface area contributed by atoms with E-state index in [1.807, 2.05) is 25.1 Å². The van der Waals surface area contributed by atoms with Crippen molar-refractivity contribution in [3.63, 3.8) is 0 Å². The van der Waals surface area contributed by atoms with Crippen LogP contribution in [0.5, 0.6) is 0 Å². The molecule has 0 saturated heterocycles. The summed E-state index contributed by atoms with van der Waals surface area (Å²) in [7, 11) is 0. The maximum absolute atomic E-state index is 8.51. The Balaban J connectivity index is 0. The number of unbranched alkanes of at least 4 members (excludes halogenated alkanes) is 7. The molecule has 0 bridgehead atoms. The first-order chi connectivity index (χ1) is 13.2. The van der Waals surface area contributed by atoms with E-state index in [-0.39, 0.29) is 13.2 Å². The van der Waals surface area contributed by atoms with Crippen LogP contribution in [0.15, 0.2) is 30.3 Å². The summed E-state index contributed by atoms with van der Waals surface area (Å²) in [4.78, 5) is 0. The minimum Gasteiger partial charge on any atom is -0.396 e. The molecule has 0 fully saturated rings. The fraction of sp³-hybridized carbons (Fsp3) is 0.727. The fourth-order valence-corrected chi connectivity index (χ4v) is 2.10. The van der Waals surface area contributed by atoms with Crippen molar-refractivity contribution >= 4 is 0 Å². The lowest BCUT2D eigenvalue weighted by molar-refractivity contribution is 0.0450. The van der Waals surface area contributed by atoms with Crippen molar-refractivity contribution in [2.75, 3.05) is 26.4 Å². The molecule has 0 saturated carbocycles. The Morgan fingerprint density at radius 1 is 0.778 bits per heavy atom. The van der Waals surface area contributed by atoms with Gasteiger partial charge in [-0.15, -0.1) is 0 Å². The second-order valence-electron chi connectivity index (χ2n) is 6.34. The van der Waals surface area contributed by atoms with Gasteiger partial charge in [0.2, 0.25) is 0 Å². The molecule has 0 radical (unpaired) electrons. The second-order valence-corrected chi connectivity index (χ2v) is 6.34. The molecule has 5 heteroatoms. The number of hydrogen-bond acceptors (Lipinski definition) is 5. The maximum atomic E-state index is 8.51. The average Bonchev–Trinajstić information content (AvgIpc) is 2.72. The molecule has 0 aliphatic heterocycles. The third-order valence-electron chi connectivity index (χ3n) is 3.75. The molecule has 160 valence electrons. The van der Waals surface area contributed by atoms with E-state index >= 15 is 0 Å². The number of ether oxygens (including phenoxy) is 1. The molecule has 0 unspecified atom stereocenters. The van der Waals surface area contributed by atoms with Crippen LogP contribution in [-0.4, -0.2) is 53.0 Å². The third kappa shape index (κ3) is 25.0. The summed E-state index contributed by atoms with van der Waals surface area (Å²) >= 11 is 0. The molecule has 0 amide bonds. The standard InChI is InChI=1S/C10H22O.C9H12O.C3H8O3/c1-2-3-4-5-6-7-8-9-10-11;1-2-10-8-9-6-4-3-5-7-9;4-1-3(6)2-5/h11H,2-10H2,1H3;3-7H,2,8H2,1H3;3-6H,1-2H2. The third-order valence-corrected chi connectivity index (χ3v) is 3.75. The Bertz CT molecular complexity index is 347. The molecule has 1 rings (SSSR count). The summed E-state index contributed by atoms with van der Waals surface area (Å²) in [6.45, 7) is 5.41. The molecule has 5 nitrogen and oxygen atoms in total. The average molecular weight is 387 g/mol. The van der Waals surface area contributed by atoms with Crippen molar-refractivity contribution in [3.05, 3.63) is 35.9 Å². The summed E-state index contributed by atoms with van der Waals surface area (Å²) in [6, 6.07) is 10.2. The minimum absolute atomic E-state index is 0.365. The summed E-state index contributed by atoms with van der Waals surface area (Å²) in [5.41, 5.74) is 1.24. The number of hydrogen-bond donors (Lipinski definition) is 4. The van der Waals surface area contributed by atoms with E-state index < -0.39 is 6.10 Å². The van der Waals surface area contributed by atoms with Crippen LogP contribution in [0.25, 0.3) is 0 Å². The van der Waals surface area contributed by atoms with Crippen LogP contribution in [-0.2, 0) is 11.3 Å². The maximum Gasteiger partial charge on any atom is 0.100 e. The largest absolute Gasteiger partial charge is 0.396 e. The van der Waals surface area contributed by atoms with E-state index in [0.717, 1.165) is 19.6 Å². The Labute approximate surface area is 166 Å². The normalized spacial score (nSPS) is 10.0. The Morgan fingerprint density at radius 3 is 1.70 bits per heavy atom. The minimum atomic E-state index is -0.954. The van der Waals surface area contributed by atoms with Crippen LogP contribution in [0.2, 0.25) is 0 Å². The lowest BCUT2D eigenvalue weighted by Crippen LogP contribution is -2.15. The number of aliphatic hydroxyl groups is 4. The number of aliphatic hydroxyl groups excluding tert-OH is 4. The van der Waals surface area contributed by atoms with Gasteiger partial charge in [0.15, 0.2) is 0 Å². The summed E-state index contributed by atoms with van der Waals surface area (Å²) < 4.78 is 5.22. The van der Waals surface area contributed by atoms with Crippen molar-refractivity contribution in [2.24, 2.45) is 0 Å². The molecular weight excluding hydrogens is 344 g/mol. The van der Waals surface area contributed by atoms with Crippen LogP contribution in [0.4, 0.5) is 0 Å². The Morgan fingerprint density at radius 2 is 1.30 bits per heavy atom. The Hall–Kier alpha value is -0.980. The predicted molar refractivity (Wildman–Crippen MR) is 112 cm³/mol. The molecular formula is C22H42O5. The van der Waals surface area contributed by atoms with Crippen LogP contribution in [0.1, 0.15) is 70.8 Å². The lowest BCUT2D eigenvalue weighted by Gasteiger charge is -1.98. The molecule has 0 spiro atoms. The fourth-order valence-electron chi connectivity index (χ4n) is 2.10. The molecule has 0 aliphatic rings. The predicted octanol–water partition coefficient (Wildman–Crippen LogP) is 3.67. The van der Waals surface area contributed by atoms with E-state index in [9.17, 15) is 0 Å². The Kier molecular flexibility index (Phi) is 26.2. The van der Waals surface area contributed by atoms with Gasteiger partial charge in [-0.1, -0.05) is 82.2 Å². The highest BCUT2D eigenvalue weighted by Crippen LogP contribution is 2.07. The van der Waals surface area contributed by atoms with E-state index in [1.165, 1.54) is 50.5 Å². The molecule has 4 N–H and O–H groups in total. The van der Waals surface area contributed by atoms with Crippen molar-refractivity contribution in [3.8, 4) is 0 Å². The highest BCUT2D eigenvalue weighted by Gasteiger charge is 1.93. The first kappa shape index (κ1) is 28.2. The van der Waals surface area contributed by atoms with Gasteiger partial charge in [-0.25, -0.2) is 0 Å². The van der Waals surface area contributed by atoms with Gasteiger partial charge >= 0.3 is 0 Å². The zero-order valence-electron chi connectivity index (χ0n) is 17.4. The molecule has 27 heavy (non-hydrogen) atoms. The number of benzene rings is 1. The topological polar surface area (TPSA) is 90.2 Å². The molecule has 0 aliphatic carbocycles. The lowest BCUT2D eigenvalue weighted by atomic mass is 10.1. The summed E-state index contributed by atoms with van der Waals surface area (Å²) in [5, 5.41) is 32.5. The van der Waals surface area contributed by atoms with Crippen molar-refractivity contribution in [2.45, 2.75) is 77.9 Å². The van der Waals surface area contributed by atoms with E-state index in [0.29, 0.717) is 6.61 Å². The van der Waals surface area contributed by atoms with Crippen LogP contribution < -0.4 is 0 Å². The molecule has 0 heterocycles. The van der Waals surface area contributed by atoms with E-state index in [1.54, 1.807) is 0 Å². The van der Waals surface area contributed by atoms with Gasteiger partial charge in [-0.3, -0.25) is 0 Å². The molecule has 0 aromatic heterocycles. The second kappa shape index (κ2) is 25.0. The van der Waals surface area contributed by atoms with Gasteiger partial charge in [0.1, 0.15) is 6.10 Å². The summed E-state index contributed by atoms with van der Waals surface area (Å²) in [6.07, 6.45) is 9.43. The zero-order valence-corrected chi connectivity index (χ0v) is 17.4. The van der Waals surface area contributed by atoms with Crippen molar-refractivity contribution in [1.29, 1.82) is 0 Å². The molecule has 0 atom stereocenters. The molecule has 1 aromatic rings. The smallest absolute Gasteiger partial charge is 0.100 e. The van der Waals surface area contributed by atoms with Gasteiger partial charge in [-0.2, -0.15) is 0 Å². The quantitative estimate of drug-likeness (QED) is 0.388. The monoisotopic (exact) mass is 386 g/mol. The van der Waals surface area contributed by atoms with Crippen LogP contribution >= 0.6 is 0 Å². The van der Waals surface area contributed by atoms with Crippen LogP contribution in [0, 0.1) is 0 Å². The number of rotatable bonds is 13. The highest BCUT2D eigenvalue weighted by atomic mass is 16.5. The zero-order chi connectivity index (χ0) is 20.6. The van der Waals surface area contributed by atoms with Gasteiger partial charge in [0, 0.05) is 13.2 Å². The van der Waals surface area contributed by atoms with Gasteiger partial charge in [0.25, 0.3) is 0 Å². The first-order valence-corrected chi connectivity index (χ1v) is 10.3. The summed E-state index contributed by atoms with van der Waals surface area (Å²) in [5.74, 6) is 0. The van der Waals surface area contributed by atoms with Gasteiger partial charge in [0.05, 0.1) is 19.8 Å². The first-order valence-electron chi connectivity index (χ1n) is 10.3. The highest BCUT2D eigenvalue weighted by molar-refractivity contribution is 5.13. The van der Waals surface area contributed by atoms with Crippen molar-refractivity contribution < 1.29 is 25.2 Å². The van der Waals surface area contributed by atoms with Gasteiger partial charge in [-0.05, 0) is 18.9 Å². The SMILES string of the molecule is CCCCCCCCCCO.CCOCc1ccccc1.OCC(O)CO. The van der Waals surface area contributed by atoms with E-state index in [4.69, 9.17) is 25.2 Å². The van der Waals surface area contributed by atoms with E-state index in [2.05, 4.69) is 19.1 Å².